The lowest BCUT2D eigenvalue weighted by Crippen LogP contribution is -2.11. The number of anilines is 3. The summed E-state index contributed by atoms with van der Waals surface area (Å²) >= 11 is 0. The van der Waals surface area contributed by atoms with Crippen molar-refractivity contribution in [2.24, 2.45) is 0 Å². The van der Waals surface area contributed by atoms with Crippen LogP contribution in [0.3, 0.4) is 0 Å². The highest BCUT2D eigenvalue weighted by Gasteiger charge is 2.23. The van der Waals surface area contributed by atoms with E-state index in [9.17, 15) is 0 Å². The average molecular weight is 653 g/mol. The van der Waals surface area contributed by atoms with Crippen LogP contribution in [-0.2, 0) is 0 Å². The Morgan fingerprint density at radius 1 is 0.392 bits per heavy atom. The molecule has 0 bridgehead atoms. The molecule has 10 aromatic rings. The fourth-order valence-corrected chi connectivity index (χ4v) is 7.75. The van der Waals surface area contributed by atoms with Gasteiger partial charge in [0.25, 0.3) is 0 Å². The number of rotatable bonds is 6. The van der Waals surface area contributed by atoms with Crippen LogP contribution < -0.4 is 4.90 Å². The zero-order chi connectivity index (χ0) is 33.7. The Hall–Kier alpha value is -6.84. The summed E-state index contributed by atoms with van der Waals surface area (Å²) in [5.41, 5.74) is 12.9. The van der Waals surface area contributed by atoms with Gasteiger partial charge in [0.05, 0.1) is 28.1 Å². The van der Waals surface area contributed by atoms with Crippen molar-refractivity contribution >= 4 is 60.8 Å². The summed E-state index contributed by atoms with van der Waals surface area (Å²) in [6.07, 6.45) is 0. The van der Waals surface area contributed by atoms with E-state index in [0.717, 1.165) is 66.9 Å². The Balaban J connectivity index is 1.22. The summed E-state index contributed by atoms with van der Waals surface area (Å²) in [6.45, 7) is 0. The van der Waals surface area contributed by atoms with Crippen molar-refractivity contribution in [3.63, 3.8) is 0 Å². The lowest BCUT2D eigenvalue weighted by Gasteiger charge is -2.28. The Morgan fingerprint density at radius 3 is 1.76 bits per heavy atom. The second-order valence-corrected chi connectivity index (χ2v) is 12.9. The Kier molecular flexibility index (Phi) is 6.81. The highest BCUT2D eigenvalue weighted by Crippen LogP contribution is 2.46. The normalized spacial score (nSPS) is 11.5. The monoisotopic (exact) mass is 652 g/mol. The van der Waals surface area contributed by atoms with E-state index in [-0.39, 0.29) is 0 Å². The predicted octanol–water partition coefficient (Wildman–Crippen LogP) is 13.5. The fraction of sp³-hybridized carbons (Fsp3) is 0. The number of benzene rings is 8. The molecular weight excluding hydrogens is 621 g/mol. The topological polar surface area (TPSA) is 21.3 Å². The van der Waals surface area contributed by atoms with Gasteiger partial charge in [-0.05, 0) is 59.7 Å². The summed E-state index contributed by atoms with van der Waals surface area (Å²) in [5, 5.41) is 4.70. The Labute approximate surface area is 295 Å². The maximum absolute atomic E-state index is 6.67. The first-order valence-electron chi connectivity index (χ1n) is 17.4. The van der Waals surface area contributed by atoms with E-state index in [1.54, 1.807) is 0 Å². The third-order valence-corrected chi connectivity index (χ3v) is 9.99. The first-order chi connectivity index (χ1) is 25.3. The largest absolute Gasteiger partial charge is 0.454 e. The lowest BCUT2D eigenvalue weighted by atomic mass is 9.99. The number of nitrogens with zero attached hydrogens (tertiary/aromatic N) is 2. The number of para-hydroxylation sites is 6. The second kappa shape index (κ2) is 11.9. The van der Waals surface area contributed by atoms with Crippen molar-refractivity contribution in [2.75, 3.05) is 4.90 Å². The van der Waals surface area contributed by atoms with Crippen molar-refractivity contribution in [3.8, 4) is 27.9 Å². The highest BCUT2D eigenvalue weighted by molar-refractivity contribution is 6.11. The molecule has 0 unspecified atom stereocenters. The number of fused-ring (bicyclic) bond motifs is 6. The van der Waals surface area contributed by atoms with Gasteiger partial charge in [-0.2, -0.15) is 0 Å². The van der Waals surface area contributed by atoms with Gasteiger partial charge in [-0.1, -0.05) is 146 Å². The van der Waals surface area contributed by atoms with E-state index in [2.05, 4.69) is 191 Å². The van der Waals surface area contributed by atoms with E-state index < -0.39 is 0 Å². The van der Waals surface area contributed by atoms with E-state index in [1.165, 1.54) is 21.8 Å². The average Bonchev–Trinajstić information content (AvgIpc) is 3.75. The van der Waals surface area contributed by atoms with Crippen LogP contribution in [0.25, 0.3) is 71.7 Å². The highest BCUT2D eigenvalue weighted by atomic mass is 16.3. The maximum Gasteiger partial charge on any atom is 0.159 e. The quantitative estimate of drug-likeness (QED) is 0.178. The molecule has 0 radical (unpaired) electrons. The van der Waals surface area contributed by atoms with Crippen LogP contribution in [0.5, 0.6) is 0 Å². The van der Waals surface area contributed by atoms with Gasteiger partial charge in [0.15, 0.2) is 5.58 Å². The minimum absolute atomic E-state index is 0.859. The molecule has 240 valence electrons. The van der Waals surface area contributed by atoms with Crippen LogP contribution in [0.2, 0.25) is 0 Å². The van der Waals surface area contributed by atoms with Crippen LogP contribution >= 0.6 is 0 Å². The third kappa shape index (κ3) is 4.74. The molecule has 0 spiro atoms. The summed E-state index contributed by atoms with van der Waals surface area (Å²) in [5.74, 6) is 0. The van der Waals surface area contributed by atoms with Gasteiger partial charge in [0.2, 0.25) is 0 Å². The van der Waals surface area contributed by atoms with Gasteiger partial charge in [-0.15, -0.1) is 0 Å². The summed E-state index contributed by atoms with van der Waals surface area (Å²) in [4.78, 5) is 2.36. The van der Waals surface area contributed by atoms with Gasteiger partial charge in [-0.3, -0.25) is 0 Å². The van der Waals surface area contributed by atoms with E-state index in [1.807, 2.05) is 12.1 Å². The molecular formula is C48H32N2O. The van der Waals surface area contributed by atoms with E-state index >= 15 is 0 Å². The molecule has 0 aliphatic carbocycles. The van der Waals surface area contributed by atoms with Crippen molar-refractivity contribution in [3.05, 3.63) is 194 Å². The molecule has 0 fully saturated rings. The Bertz CT molecular complexity index is 2830. The second-order valence-electron chi connectivity index (χ2n) is 12.9. The van der Waals surface area contributed by atoms with Gasteiger partial charge < -0.3 is 13.9 Å². The molecule has 0 aliphatic heterocycles. The van der Waals surface area contributed by atoms with Crippen molar-refractivity contribution in [1.82, 2.24) is 4.57 Å². The van der Waals surface area contributed by atoms with Crippen LogP contribution in [0.15, 0.2) is 199 Å². The third-order valence-electron chi connectivity index (χ3n) is 9.99. The van der Waals surface area contributed by atoms with Crippen LogP contribution in [0, 0.1) is 0 Å². The lowest BCUT2D eigenvalue weighted by molar-refractivity contribution is 0.669. The van der Waals surface area contributed by atoms with Crippen molar-refractivity contribution < 1.29 is 4.42 Å². The van der Waals surface area contributed by atoms with E-state index in [4.69, 9.17) is 4.42 Å². The summed E-state index contributed by atoms with van der Waals surface area (Å²) < 4.78 is 9.08. The molecule has 0 atom stereocenters. The van der Waals surface area contributed by atoms with Crippen molar-refractivity contribution in [2.45, 2.75) is 0 Å². The first-order valence-corrected chi connectivity index (χ1v) is 17.4. The van der Waals surface area contributed by atoms with Crippen LogP contribution in [-0.4, -0.2) is 4.57 Å². The molecule has 0 amide bonds. The molecule has 2 heterocycles. The molecule has 8 aromatic carbocycles. The van der Waals surface area contributed by atoms with Gasteiger partial charge >= 0.3 is 0 Å². The SMILES string of the molecule is c1ccc(-c2ccccc2N(c2cccc(-c3ccccc3-n3c4ccccc4c4ccccc43)c2)c2cccc3c2oc2ccccc23)cc1. The standard InChI is InChI=1S/C48H32N2O/c1-2-16-33(17-3-1)36-20-4-9-26-42(36)49(46-30-15-25-41-40-24-8-13-31-47(40)51-48(41)46)35-19-14-18-34(32-35)37-21-5-10-27-43(37)50-44-28-11-6-22-38(44)39-23-7-12-29-45(39)50/h1-32H. The maximum atomic E-state index is 6.67. The van der Waals surface area contributed by atoms with E-state index in [0.29, 0.717) is 0 Å². The van der Waals surface area contributed by atoms with Gasteiger partial charge in [0.1, 0.15) is 5.58 Å². The minimum atomic E-state index is 0.859. The smallest absolute Gasteiger partial charge is 0.159 e. The molecule has 10 rings (SSSR count). The molecule has 0 aliphatic rings. The molecule has 51 heavy (non-hydrogen) atoms. The molecule has 0 saturated carbocycles. The predicted molar refractivity (Wildman–Crippen MR) is 214 cm³/mol. The molecule has 3 heteroatoms. The zero-order valence-corrected chi connectivity index (χ0v) is 27.8. The molecule has 2 aromatic heterocycles. The molecule has 0 saturated heterocycles. The van der Waals surface area contributed by atoms with Gasteiger partial charge in [-0.25, -0.2) is 0 Å². The molecule has 3 nitrogen and oxygen atoms in total. The zero-order valence-electron chi connectivity index (χ0n) is 27.8. The van der Waals surface area contributed by atoms with Crippen molar-refractivity contribution in [1.29, 1.82) is 0 Å². The number of hydrogen-bond donors (Lipinski definition) is 0. The summed E-state index contributed by atoms with van der Waals surface area (Å²) in [6, 6.07) is 69.1. The first kappa shape index (κ1) is 29.1. The van der Waals surface area contributed by atoms with Crippen LogP contribution in [0.4, 0.5) is 17.1 Å². The van der Waals surface area contributed by atoms with Gasteiger partial charge in [0, 0.05) is 38.4 Å². The number of aromatic nitrogens is 1. The fourth-order valence-electron chi connectivity index (χ4n) is 7.75. The number of hydrogen-bond acceptors (Lipinski definition) is 2. The summed E-state index contributed by atoms with van der Waals surface area (Å²) in [7, 11) is 0. The van der Waals surface area contributed by atoms with Crippen LogP contribution in [0.1, 0.15) is 0 Å². The Morgan fingerprint density at radius 2 is 0.961 bits per heavy atom. The minimum Gasteiger partial charge on any atom is -0.454 e. The molecule has 0 N–H and O–H groups in total. The number of furan rings is 1.